The van der Waals surface area contributed by atoms with Crippen molar-refractivity contribution in [1.29, 1.82) is 0 Å². The Labute approximate surface area is 96.0 Å². The number of amides is 1. The molecule has 0 saturated heterocycles. The van der Waals surface area contributed by atoms with Crippen molar-refractivity contribution in [2.75, 3.05) is 5.73 Å². The van der Waals surface area contributed by atoms with Gasteiger partial charge in [0.25, 0.3) is 0 Å². The Morgan fingerprint density at radius 2 is 2.00 bits per heavy atom. The number of carbonyl (C=O) groups excluding carboxylic acids is 1. The molecule has 0 atom stereocenters. The van der Waals surface area contributed by atoms with Crippen molar-refractivity contribution in [3.63, 3.8) is 0 Å². The number of carbonyl (C=O) groups is 1. The van der Waals surface area contributed by atoms with Gasteiger partial charge in [-0.05, 0) is 34.6 Å². The third kappa shape index (κ3) is 2.98. The first-order valence-electron chi connectivity index (χ1n) is 5.31. The van der Waals surface area contributed by atoms with Crippen LogP contribution in [0.2, 0.25) is 0 Å². The number of rotatable bonds is 2. The van der Waals surface area contributed by atoms with Crippen LogP contribution in [0.4, 0.5) is 5.69 Å². The van der Waals surface area contributed by atoms with Crippen LogP contribution in [0, 0.1) is 13.8 Å². The van der Waals surface area contributed by atoms with E-state index < -0.39 is 0 Å². The molecule has 0 radical (unpaired) electrons. The maximum absolute atomic E-state index is 11.7. The summed E-state index contributed by atoms with van der Waals surface area (Å²) in [6.07, 6.45) is 0. The fraction of sp³-hybridized carbons (Fsp3) is 0.636. The van der Waals surface area contributed by atoms with Crippen molar-refractivity contribution >= 4 is 11.6 Å². The van der Waals surface area contributed by atoms with Crippen LogP contribution in [0.25, 0.3) is 0 Å². The second-order valence-electron chi connectivity index (χ2n) is 5.04. The number of nitrogens with two attached hydrogens (primary N) is 1. The van der Waals surface area contributed by atoms with E-state index in [4.69, 9.17) is 5.73 Å². The van der Waals surface area contributed by atoms with Gasteiger partial charge in [0.1, 0.15) is 6.54 Å². The van der Waals surface area contributed by atoms with Gasteiger partial charge < -0.3 is 11.1 Å². The SMILES string of the molecule is Cc1nn(CC(=O)NC(C)(C)C)c(C)c1N. The lowest BCUT2D eigenvalue weighted by Gasteiger charge is -2.20. The number of hydrogen-bond donors (Lipinski definition) is 2. The second kappa shape index (κ2) is 4.15. The van der Waals surface area contributed by atoms with Crippen molar-refractivity contribution in [2.24, 2.45) is 0 Å². The minimum Gasteiger partial charge on any atom is -0.396 e. The third-order valence-electron chi connectivity index (χ3n) is 2.25. The van der Waals surface area contributed by atoms with Gasteiger partial charge in [-0.1, -0.05) is 0 Å². The lowest BCUT2D eigenvalue weighted by atomic mass is 10.1. The smallest absolute Gasteiger partial charge is 0.242 e. The number of nitrogen functional groups attached to an aromatic ring is 1. The number of anilines is 1. The summed E-state index contributed by atoms with van der Waals surface area (Å²) in [5.74, 6) is -0.0573. The molecule has 0 unspecified atom stereocenters. The van der Waals surface area contributed by atoms with Gasteiger partial charge in [-0.15, -0.1) is 0 Å². The minimum atomic E-state index is -0.223. The van der Waals surface area contributed by atoms with E-state index in [2.05, 4.69) is 10.4 Å². The highest BCUT2D eigenvalue weighted by Crippen LogP contribution is 2.14. The molecular formula is C11H20N4O. The van der Waals surface area contributed by atoms with Gasteiger partial charge in [-0.2, -0.15) is 5.10 Å². The molecule has 0 fully saturated rings. The Hall–Kier alpha value is -1.52. The highest BCUT2D eigenvalue weighted by atomic mass is 16.2. The summed E-state index contributed by atoms with van der Waals surface area (Å²) in [7, 11) is 0. The maximum atomic E-state index is 11.7. The molecule has 1 aromatic heterocycles. The van der Waals surface area contributed by atoms with Crippen molar-refractivity contribution in [3.05, 3.63) is 11.4 Å². The molecule has 0 spiro atoms. The maximum Gasteiger partial charge on any atom is 0.242 e. The van der Waals surface area contributed by atoms with E-state index in [1.165, 1.54) is 0 Å². The topological polar surface area (TPSA) is 72.9 Å². The standard InChI is InChI=1S/C11H20N4O/c1-7-10(12)8(2)15(14-7)6-9(16)13-11(3,4)5/h6,12H2,1-5H3,(H,13,16). The van der Waals surface area contributed by atoms with Crippen LogP contribution in [0.1, 0.15) is 32.2 Å². The van der Waals surface area contributed by atoms with Crippen molar-refractivity contribution in [3.8, 4) is 0 Å². The lowest BCUT2D eigenvalue weighted by Crippen LogP contribution is -2.42. The van der Waals surface area contributed by atoms with Gasteiger partial charge in [0, 0.05) is 5.54 Å². The fourth-order valence-corrected chi connectivity index (χ4v) is 1.46. The molecule has 0 bridgehead atoms. The molecule has 3 N–H and O–H groups in total. The number of aromatic nitrogens is 2. The van der Waals surface area contributed by atoms with Crippen molar-refractivity contribution in [2.45, 2.75) is 46.7 Å². The van der Waals surface area contributed by atoms with Crippen LogP contribution in [-0.2, 0) is 11.3 Å². The molecule has 16 heavy (non-hydrogen) atoms. The minimum absolute atomic E-state index is 0.0573. The Balaban J connectivity index is 2.74. The zero-order valence-electron chi connectivity index (χ0n) is 10.6. The molecule has 0 aliphatic heterocycles. The molecule has 0 saturated carbocycles. The number of nitrogens with one attached hydrogen (secondary N) is 1. The van der Waals surface area contributed by atoms with Crippen LogP contribution in [0.5, 0.6) is 0 Å². The highest BCUT2D eigenvalue weighted by molar-refractivity contribution is 5.76. The van der Waals surface area contributed by atoms with E-state index in [9.17, 15) is 4.79 Å². The van der Waals surface area contributed by atoms with Gasteiger partial charge >= 0.3 is 0 Å². The predicted molar refractivity (Wildman–Crippen MR) is 64.0 cm³/mol. The monoisotopic (exact) mass is 224 g/mol. The average Bonchev–Trinajstić information content (AvgIpc) is 2.30. The van der Waals surface area contributed by atoms with Gasteiger partial charge in [-0.3, -0.25) is 9.48 Å². The van der Waals surface area contributed by atoms with Crippen LogP contribution in [-0.4, -0.2) is 21.2 Å². The molecule has 0 aliphatic carbocycles. The quantitative estimate of drug-likeness (QED) is 0.787. The van der Waals surface area contributed by atoms with Gasteiger partial charge in [-0.25, -0.2) is 0 Å². The fourth-order valence-electron chi connectivity index (χ4n) is 1.46. The summed E-state index contributed by atoms with van der Waals surface area (Å²) in [4.78, 5) is 11.7. The van der Waals surface area contributed by atoms with Gasteiger partial charge in [0.2, 0.25) is 5.91 Å². The molecule has 1 aromatic rings. The average molecular weight is 224 g/mol. The summed E-state index contributed by atoms with van der Waals surface area (Å²) < 4.78 is 1.63. The summed E-state index contributed by atoms with van der Waals surface area (Å²) in [5, 5.41) is 7.09. The van der Waals surface area contributed by atoms with E-state index >= 15 is 0 Å². The van der Waals surface area contributed by atoms with E-state index in [1.54, 1.807) is 4.68 Å². The predicted octanol–water partition coefficient (Wildman–Crippen LogP) is 0.997. The van der Waals surface area contributed by atoms with E-state index in [0.29, 0.717) is 5.69 Å². The Morgan fingerprint density at radius 3 is 2.38 bits per heavy atom. The number of aryl methyl sites for hydroxylation is 1. The first-order chi connectivity index (χ1) is 7.20. The van der Waals surface area contributed by atoms with Crippen LogP contribution in [0.3, 0.4) is 0 Å². The van der Waals surface area contributed by atoms with Crippen LogP contribution in [0.15, 0.2) is 0 Å². The number of hydrogen-bond acceptors (Lipinski definition) is 3. The van der Waals surface area contributed by atoms with E-state index in [0.717, 1.165) is 11.4 Å². The molecule has 5 nitrogen and oxygen atoms in total. The molecule has 1 rings (SSSR count). The largest absolute Gasteiger partial charge is 0.396 e. The van der Waals surface area contributed by atoms with Gasteiger partial charge in [0.15, 0.2) is 0 Å². The first-order valence-corrected chi connectivity index (χ1v) is 5.31. The lowest BCUT2D eigenvalue weighted by molar-refractivity contribution is -0.123. The first kappa shape index (κ1) is 12.5. The molecular weight excluding hydrogens is 204 g/mol. The molecule has 90 valence electrons. The van der Waals surface area contributed by atoms with E-state index in [-0.39, 0.29) is 18.0 Å². The summed E-state index contributed by atoms with van der Waals surface area (Å²) in [5.41, 5.74) is 7.82. The molecule has 0 aliphatic rings. The zero-order chi connectivity index (χ0) is 12.5. The van der Waals surface area contributed by atoms with Crippen molar-refractivity contribution < 1.29 is 4.79 Å². The third-order valence-corrected chi connectivity index (χ3v) is 2.25. The normalized spacial score (nSPS) is 11.6. The Kier molecular flexibility index (Phi) is 3.26. The van der Waals surface area contributed by atoms with Crippen LogP contribution >= 0.6 is 0 Å². The Bertz CT molecular complexity index is 401. The molecule has 0 aromatic carbocycles. The summed E-state index contributed by atoms with van der Waals surface area (Å²) in [6, 6.07) is 0. The number of nitrogens with zero attached hydrogens (tertiary/aromatic N) is 2. The highest BCUT2D eigenvalue weighted by Gasteiger charge is 2.16. The van der Waals surface area contributed by atoms with E-state index in [1.807, 2.05) is 34.6 Å². The zero-order valence-corrected chi connectivity index (χ0v) is 10.6. The molecule has 1 amide bonds. The summed E-state index contributed by atoms with van der Waals surface area (Å²) >= 11 is 0. The van der Waals surface area contributed by atoms with Gasteiger partial charge in [0.05, 0.1) is 17.1 Å². The van der Waals surface area contributed by atoms with Crippen molar-refractivity contribution in [1.82, 2.24) is 15.1 Å². The molecule has 5 heteroatoms. The second-order valence-corrected chi connectivity index (χ2v) is 5.04. The summed E-state index contributed by atoms with van der Waals surface area (Å²) in [6.45, 7) is 9.74. The molecule has 1 heterocycles. The Morgan fingerprint density at radius 1 is 1.44 bits per heavy atom. The van der Waals surface area contributed by atoms with Crippen LogP contribution < -0.4 is 11.1 Å².